The summed E-state index contributed by atoms with van der Waals surface area (Å²) in [5.74, 6) is -0.0566. The molecule has 1 heterocycles. The molecule has 3 aromatic carbocycles. The van der Waals surface area contributed by atoms with Crippen LogP contribution in [-0.4, -0.2) is 15.9 Å². The van der Waals surface area contributed by atoms with Gasteiger partial charge in [0.1, 0.15) is 0 Å². The van der Waals surface area contributed by atoms with Crippen molar-refractivity contribution < 1.29 is 4.79 Å². The highest BCUT2D eigenvalue weighted by molar-refractivity contribution is 9.10. The molecule has 0 atom stereocenters. The van der Waals surface area contributed by atoms with Crippen molar-refractivity contribution in [3.63, 3.8) is 0 Å². The number of hydrogen-bond donors (Lipinski definition) is 2. The molecule has 0 saturated heterocycles. The molecule has 0 unspecified atom stereocenters. The molecule has 0 aliphatic carbocycles. The Morgan fingerprint density at radius 1 is 0.967 bits per heavy atom. The van der Waals surface area contributed by atoms with Gasteiger partial charge >= 0.3 is 0 Å². The minimum Gasteiger partial charge on any atom is -0.268 e. The van der Waals surface area contributed by atoms with Gasteiger partial charge < -0.3 is 0 Å². The first-order valence-electron chi connectivity index (χ1n) is 9.11. The first-order chi connectivity index (χ1) is 14.6. The summed E-state index contributed by atoms with van der Waals surface area (Å²) in [6.07, 6.45) is 3.17. The standard InChI is InChI=1S/C23H16BrClN4O/c24-16-11-12-20-18(14-16)22(17-8-4-5-9-19(17)25)27-23(26-20)29-28-21(30)13-10-15-6-2-1-3-7-15/h1-14H,(H,28,30)(H,26,27,29). The Balaban J connectivity index is 1.62. The number of carbonyl (C=O) groups is 1. The maximum Gasteiger partial charge on any atom is 0.262 e. The molecule has 7 heteroatoms. The Labute approximate surface area is 186 Å². The Morgan fingerprint density at radius 3 is 2.53 bits per heavy atom. The van der Waals surface area contributed by atoms with Gasteiger partial charge in [-0.25, -0.2) is 9.97 Å². The van der Waals surface area contributed by atoms with E-state index in [0.29, 0.717) is 10.7 Å². The van der Waals surface area contributed by atoms with Crippen molar-refractivity contribution in [1.82, 2.24) is 15.4 Å². The van der Waals surface area contributed by atoms with Crippen LogP contribution in [0.4, 0.5) is 5.95 Å². The van der Waals surface area contributed by atoms with Crippen molar-refractivity contribution in [3.8, 4) is 11.3 Å². The van der Waals surface area contributed by atoms with Crippen LogP contribution in [0.1, 0.15) is 5.56 Å². The number of benzene rings is 3. The Hall–Kier alpha value is -3.22. The summed E-state index contributed by atoms with van der Waals surface area (Å²) in [6.45, 7) is 0. The number of halogens is 2. The van der Waals surface area contributed by atoms with E-state index in [-0.39, 0.29) is 11.9 Å². The van der Waals surface area contributed by atoms with Gasteiger partial charge in [-0.05, 0) is 35.9 Å². The van der Waals surface area contributed by atoms with E-state index < -0.39 is 0 Å². The van der Waals surface area contributed by atoms with Gasteiger partial charge in [0.05, 0.1) is 11.2 Å². The minimum absolute atomic E-state index is 0.265. The molecule has 4 rings (SSSR count). The van der Waals surface area contributed by atoms with E-state index in [1.54, 1.807) is 6.08 Å². The number of hydrogen-bond acceptors (Lipinski definition) is 4. The molecule has 2 N–H and O–H groups in total. The fourth-order valence-corrected chi connectivity index (χ4v) is 3.50. The van der Waals surface area contributed by atoms with Gasteiger partial charge in [0.25, 0.3) is 5.91 Å². The Kier molecular flexibility index (Phi) is 6.07. The SMILES string of the molecule is O=C(C=Cc1ccccc1)NNc1nc(-c2ccccc2Cl)c2cc(Br)ccc2n1. The third-order valence-corrected chi connectivity index (χ3v) is 5.13. The van der Waals surface area contributed by atoms with Crippen molar-refractivity contribution >= 4 is 56.4 Å². The van der Waals surface area contributed by atoms with Gasteiger partial charge in [0.15, 0.2) is 0 Å². The lowest BCUT2D eigenvalue weighted by Gasteiger charge is -2.12. The molecule has 0 bridgehead atoms. The van der Waals surface area contributed by atoms with E-state index in [1.165, 1.54) is 6.08 Å². The maximum atomic E-state index is 12.2. The molecule has 0 spiro atoms. The average Bonchev–Trinajstić information content (AvgIpc) is 2.77. The van der Waals surface area contributed by atoms with Crippen LogP contribution >= 0.6 is 27.5 Å². The van der Waals surface area contributed by atoms with E-state index in [9.17, 15) is 4.79 Å². The van der Waals surface area contributed by atoms with E-state index in [1.807, 2.05) is 72.8 Å². The number of nitrogens with one attached hydrogen (secondary N) is 2. The number of aromatic nitrogens is 2. The highest BCUT2D eigenvalue weighted by Gasteiger charge is 2.13. The van der Waals surface area contributed by atoms with Crippen LogP contribution in [0.2, 0.25) is 5.02 Å². The van der Waals surface area contributed by atoms with Crippen LogP contribution in [0.5, 0.6) is 0 Å². The van der Waals surface area contributed by atoms with Gasteiger partial charge in [-0.3, -0.25) is 15.6 Å². The summed E-state index contributed by atoms with van der Waals surface area (Å²) < 4.78 is 0.909. The first-order valence-corrected chi connectivity index (χ1v) is 10.3. The second-order valence-corrected chi connectivity index (χ2v) is 7.72. The van der Waals surface area contributed by atoms with Gasteiger partial charge in [0.2, 0.25) is 5.95 Å². The predicted octanol–water partition coefficient (Wildman–Crippen LogP) is 5.87. The minimum atomic E-state index is -0.322. The van der Waals surface area contributed by atoms with Crippen LogP contribution in [-0.2, 0) is 4.79 Å². The maximum absolute atomic E-state index is 12.2. The lowest BCUT2D eigenvalue weighted by atomic mass is 10.1. The van der Waals surface area contributed by atoms with E-state index in [4.69, 9.17) is 11.6 Å². The number of amides is 1. The normalized spacial score (nSPS) is 11.0. The second kappa shape index (κ2) is 9.07. The summed E-state index contributed by atoms with van der Waals surface area (Å²) in [6, 6.07) is 22.8. The molecule has 1 amide bonds. The quantitative estimate of drug-likeness (QED) is 0.277. The van der Waals surface area contributed by atoms with Crippen molar-refractivity contribution in [2.45, 2.75) is 0 Å². The van der Waals surface area contributed by atoms with Crippen LogP contribution in [0.25, 0.3) is 28.2 Å². The number of rotatable bonds is 5. The summed E-state index contributed by atoms with van der Waals surface area (Å²) in [4.78, 5) is 21.3. The highest BCUT2D eigenvalue weighted by atomic mass is 79.9. The van der Waals surface area contributed by atoms with E-state index in [2.05, 4.69) is 36.7 Å². The van der Waals surface area contributed by atoms with Crippen LogP contribution in [0.3, 0.4) is 0 Å². The molecule has 0 aliphatic heterocycles. The molecular weight excluding hydrogens is 464 g/mol. The lowest BCUT2D eigenvalue weighted by Crippen LogP contribution is -2.28. The average molecular weight is 480 g/mol. The van der Waals surface area contributed by atoms with Crippen molar-refractivity contribution in [1.29, 1.82) is 0 Å². The van der Waals surface area contributed by atoms with Gasteiger partial charge in [-0.1, -0.05) is 76.1 Å². The Bertz CT molecular complexity index is 1240. The predicted molar refractivity (Wildman–Crippen MR) is 125 cm³/mol. The molecule has 0 radical (unpaired) electrons. The molecule has 0 fully saturated rings. The number of fused-ring (bicyclic) bond motifs is 1. The molecule has 0 saturated carbocycles. The van der Waals surface area contributed by atoms with Crippen LogP contribution < -0.4 is 10.9 Å². The number of anilines is 1. The van der Waals surface area contributed by atoms with Crippen molar-refractivity contribution in [3.05, 3.63) is 93.9 Å². The van der Waals surface area contributed by atoms with Gasteiger partial charge in [-0.15, -0.1) is 0 Å². The molecule has 4 aromatic rings. The fraction of sp³-hybridized carbons (Fsp3) is 0. The smallest absolute Gasteiger partial charge is 0.262 e. The van der Waals surface area contributed by atoms with Gasteiger partial charge in [0, 0.05) is 26.5 Å². The molecule has 5 nitrogen and oxygen atoms in total. The van der Waals surface area contributed by atoms with Crippen LogP contribution in [0.15, 0.2) is 83.3 Å². The molecule has 148 valence electrons. The topological polar surface area (TPSA) is 66.9 Å². The largest absolute Gasteiger partial charge is 0.268 e. The molecule has 30 heavy (non-hydrogen) atoms. The van der Waals surface area contributed by atoms with Crippen molar-refractivity contribution in [2.75, 3.05) is 5.43 Å². The summed E-state index contributed by atoms with van der Waals surface area (Å²) >= 11 is 9.90. The highest BCUT2D eigenvalue weighted by Crippen LogP contribution is 2.33. The summed E-state index contributed by atoms with van der Waals surface area (Å²) in [5.41, 5.74) is 8.49. The monoisotopic (exact) mass is 478 g/mol. The third kappa shape index (κ3) is 4.67. The first kappa shape index (κ1) is 20.1. The molecule has 0 aliphatic rings. The molecule has 1 aromatic heterocycles. The lowest BCUT2D eigenvalue weighted by molar-refractivity contribution is -0.116. The number of hydrazine groups is 1. The fourth-order valence-electron chi connectivity index (χ4n) is 2.91. The summed E-state index contributed by atoms with van der Waals surface area (Å²) in [7, 11) is 0. The van der Waals surface area contributed by atoms with E-state index >= 15 is 0 Å². The third-order valence-electron chi connectivity index (χ3n) is 4.31. The zero-order chi connectivity index (χ0) is 20.9. The van der Waals surface area contributed by atoms with Gasteiger partial charge in [-0.2, -0.15) is 0 Å². The van der Waals surface area contributed by atoms with E-state index in [0.717, 1.165) is 26.5 Å². The zero-order valence-electron chi connectivity index (χ0n) is 15.6. The Morgan fingerprint density at radius 2 is 1.73 bits per heavy atom. The van der Waals surface area contributed by atoms with Crippen molar-refractivity contribution in [2.24, 2.45) is 0 Å². The molecular formula is C23H16BrClN4O. The zero-order valence-corrected chi connectivity index (χ0v) is 18.0. The second-order valence-electron chi connectivity index (χ2n) is 6.40. The number of nitrogens with zero attached hydrogens (tertiary/aromatic N) is 2. The number of carbonyl (C=O) groups excluding carboxylic acids is 1. The summed E-state index contributed by atoms with van der Waals surface area (Å²) in [5, 5.41) is 1.43. The van der Waals surface area contributed by atoms with Crippen LogP contribution in [0, 0.1) is 0 Å².